The summed E-state index contributed by atoms with van der Waals surface area (Å²) in [6, 6.07) is 4.42. The average Bonchev–Trinajstić information content (AvgIpc) is 2.89. The lowest BCUT2D eigenvalue weighted by atomic mass is 10.2. The van der Waals surface area contributed by atoms with Crippen molar-refractivity contribution in [1.29, 1.82) is 0 Å². The number of rotatable bonds is 2. The number of aryl methyl sites for hydroxylation is 1. The van der Waals surface area contributed by atoms with Crippen molar-refractivity contribution >= 4 is 11.6 Å². The Hall–Kier alpha value is -1.38. The predicted octanol–water partition coefficient (Wildman–Crippen LogP) is 2.73. The fraction of sp³-hybridized carbons (Fsp3) is 0.417. The van der Waals surface area contributed by atoms with E-state index >= 15 is 0 Å². The van der Waals surface area contributed by atoms with Crippen molar-refractivity contribution in [1.82, 2.24) is 0 Å². The van der Waals surface area contributed by atoms with Gasteiger partial charge in [-0.1, -0.05) is 13.0 Å². The normalized spacial score (nSPS) is 23.7. The molecule has 1 aromatic rings. The van der Waals surface area contributed by atoms with E-state index in [0.29, 0.717) is 11.6 Å². The number of carbonyl (C=O) groups excluding carboxylic acids is 1. The van der Waals surface area contributed by atoms with Crippen molar-refractivity contribution in [2.45, 2.75) is 20.3 Å². The van der Waals surface area contributed by atoms with Gasteiger partial charge in [-0.25, -0.2) is 4.39 Å². The summed E-state index contributed by atoms with van der Waals surface area (Å²) in [6.45, 7) is 3.90. The van der Waals surface area contributed by atoms with Gasteiger partial charge in [0.15, 0.2) is 0 Å². The van der Waals surface area contributed by atoms with Crippen molar-refractivity contribution in [3.63, 3.8) is 0 Å². The number of halogens is 1. The van der Waals surface area contributed by atoms with Crippen LogP contribution >= 0.6 is 0 Å². The van der Waals surface area contributed by atoms with Crippen LogP contribution in [0.4, 0.5) is 10.1 Å². The first kappa shape index (κ1) is 10.1. The number of hydrogen-bond acceptors (Lipinski definition) is 1. The largest absolute Gasteiger partial charge is 0.325 e. The Balaban J connectivity index is 2.10. The maximum Gasteiger partial charge on any atom is 0.227 e. The van der Waals surface area contributed by atoms with Gasteiger partial charge in [-0.3, -0.25) is 4.79 Å². The van der Waals surface area contributed by atoms with E-state index in [4.69, 9.17) is 0 Å². The molecule has 1 amide bonds. The van der Waals surface area contributed by atoms with Crippen molar-refractivity contribution in [3.8, 4) is 0 Å². The standard InChI is InChI=1S/C12H14FNO/c1-7-3-4-9(13)6-11(7)14-12(15)10-5-8(10)2/h3-4,6,8,10H,5H2,1-2H3,(H,14,15)/t8-,10+/m1/s1. The van der Waals surface area contributed by atoms with Gasteiger partial charge in [-0.2, -0.15) is 0 Å². The second kappa shape index (κ2) is 3.65. The average molecular weight is 207 g/mol. The Bertz CT molecular complexity index is 403. The summed E-state index contributed by atoms with van der Waals surface area (Å²) < 4.78 is 12.9. The topological polar surface area (TPSA) is 29.1 Å². The molecule has 80 valence electrons. The molecule has 0 aliphatic heterocycles. The minimum Gasteiger partial charge on any atom is -0.325 e. The third kappa shape index (κ3) is 2.17. The lowest BCUT2D eigenvalue weighted by molar-refractivity contribution is -0.117. The number of amides is 1. The SMILES string of the molecule is Cc1ccc(F)cc1NC(=O)[C@H]1C[C@H]1C. The molecule has 0 unspecified atom stereocenters. The number of nitrogens with one attached hydrogen (secondary N) is 1. The van der Waals surface area contributed by atoms with Gasteiger partial charge in [0.25, 0.3) is 0 Å². The first-order chi connectivity index (χ1) is 7.08. The van der Waals surface area contributed by atoms with Crippen LogP contribution < -0.4 is 5.32 Å². The molecule has 1 saturated carbocycles. The fourth-order valence-electron chi connectivity index (χ4n) is 1.64. The van der Waals surface area contributed by atoms with Gasteiger partial charge >= 0.3 is 0 Å². The van der Waals surface area contributed by atoms with Crippen LogP contribution in [-0.2, 0) is 4.79 Å². The molecule has 0 radical (unpaired) electrons. The zero-order valence-corrected chi connectivity index (χ0v) is 8.88. The van der Waals surface area contributed by atoms with E-state index in [1.54, 1.807) is 6.07 Å². The van der Waals surface area contributed by atoms with Gasteiger partial charge in [0, 0.05) is 11.6 Å². The molecule has 2 nitrogen and oxygen atoms in total. The predicted molar refractivity (Wildman–Crippen MR) is 57.0 cm³/mol. The van der Waals surface area contributed by atoms with Crippen LogP contribution in [0.1, 0.15) is 18.9 Å². The molecule has 0 spiro atoms. The molecule has 2 atom stereocenters. The molecule has 1 fully saturated rings. The van der Waals surface area contributed by atoms with E-state index in [0.717, 1.165) is 12.0 Å². The van der Waals surface area contributed by atoms with Gasteiger partial charge in [0.05, 0.1) is 0 Å². The molecule has 3 heteroatoms. The van der Waals surface area contributed by atoms with E-state index in [1.165, 1.54) is 12.1 Å². The minimum atomic E-state index is -0.320. The highest BCUT2D eigenvalue weighted by Gasteiger charge is 2.39. The zero-order chi connectivity index (χ0) is 11.0. The van der Waals surface area contributed by atoms with Gasteiger partial charge in [-0.05, 0) is 37.0 Å². The maximum atomic E-state index is 12.9. The molecule has 0 saturated heterocycles. The smallest absolute Gasteiger partial charge is 0.227 e. The van der Waals surface area contributed by atoms with E-state index in [9.17, 15) is 9.18 Å². The summed E-state index contributed by atoms with van der Waals surface area (Å²) in [6.07, 6.45) is 0.945. The van der Waals surface area contributed by atoms with Crippen molar-refractivity contribution in [2.24, 2.45) is 11.8 Å². The van der Waals surface area contributed by atoms with Gasteiger partial charge in [0.1, 0.15) is 5.82 Å². The third-order valence-electron chi connectivity index (χ3n) is 2.90. The van der Waals surface area contributed by atoms with Crippen LogP contribution in [0.5, 0.6) is 0 Å². The lowest BCUT2D eigenvalue weighted by Crippen LogP contribution is -2.15. The molecule has 2 rings (SSSR count). The van der Waals surface area contributed by atoms with Gasteiger partial charge in [0.2, 0.25) is 5.91 Å². The number of carbonyl (C=O) groups is 1. The maximum absolute atomic E-state index is 12.9. The number of benzene rings is 1. The van der Waals surface area contributed by atoms with Crippen LogP contribution in [0, 0.1) is 24.6 Å². The van der Waals surface area contributed by atoms with Crippen molar-refractivity contribution in [2.75, 3.05) is 5.32 Å². The van der Waals surface area contributed by atoms with Crippen LogP contribution in [-0.4, -0.2) is 5.91 Å². The monoisotopic (exact) mass is 207 g/mol. The summed E-state index contributed by atoms with van der Waals surface area (Å²) in [5.41, 5.74) is 1.47. The molecule has 1 N–H and O–H groups in total. The summed E-state index contributed by atoms with van der Waals surface area (Å²) in [7, 11) is 0. The molecule has 0 bridgehead atoms. The minimum absolute atomic E-state index is 0.0104. The van der Waals surface area contributed by atoms with Crippen molar-refractivity contribution in [3.05, 3.63) is 29.6 Å². The molecule has 1 aliphatic carbocycles. The first-order valence-corrected chi connectivity index (χ1v) is 5.15. The van der Waals surface area contributed by atoms with Gasteiger partial charge < -0.3 is 5.32 Å². The third-order valence-corrected chi connectivity index (χ3v) is 2.90. The Labute approximate surface area is 88.5 Å². The number of hydrogen-bond donors (Lipinski definition) is 1. The molecular formula is C12H14FNO. The highest BCUT2D eigenvalue weighted by molar-refractivity contribution is 5.95. The van der Waals surface area contributed by atoms with E-state index in [2.05, 4.69) is 5.32 Å². The first-order valence-electron chi connectivity index (χ1n) is 5.15. The quantitative estimate of drug-likeness (QED) is 0.793. The molecular weight excluding hydrogens is 193 g/mol. The molecule has 1 aromatic carbocycles. The summed E-state index contributed by atoms with van der Waals surface area (Å²) >= 11 is 0. The van der Waals surface area contributed by atoms with E-state index in [-0.39, 0.29) is 17.6 Å². The van der Waals surface area contributed by atoms with Crippen LogP contribution in [0.3, 0.4) is 0 Å². The highest BCUT2D eigenvalue weighted by atomic mass is 19.1. The molecule has 0 aromatic heterocycles. The summed E-state index contributed by atoms with van der Waals surface area (Å²) in [5.74, 6) is 0.280. The number of anilines is 1. The van der Waals surface area contributed by atoms with Crippen molar-refractivity contribution < 1.29 is 9.18 Å². The molecule has 1 aliphatic rings. The fourth-order valence-corrected chi connectivity index (χ4v) is 1.64. The Kier molecular flexibility index (Phi) is 2.47. The van der Waals surface area contributed by atoms with E-state index < -0.39 is 0 Å². The molecule has 15 heavy (non-hydrogen) atoms. The van der Waals surface area contributed by atoms with Gasteiger partial charge in [-0.15, -0.1) is 0 Å². The van der Waals surface area contributed by atoms with Crippen LogP contribution in [0.2, 0.25) is 0 Å². The second-order valence-electron chi connectivity index (χ2n) is 4.27. The Morgan fingerprint density at radius 1 is 1.53 bits per heavy atom. The lowest BCUT2D eigenvalue weighted by Gasteiger charge is -2.07. The Morgan fingerprint density at radius 3 is 2.80 bits per heavy atom. The molecule has 0 heterocycles. The van der Waals surface area contributed by atoms with Crippen LogP contribution in [0.25, 0.3) is 0 Å². The second-order valence-corrected chi connectivity index (χ2v) is 4.27. The van der Waals surface area contributed by atoms with E-state index in [1.807, 2.05) is 13.8 Å². The van der Waals surface area contributed by atoms with Crippen LogP contribution in [0.15, 0.2) is 18.2 Å². The zero-order valence-electron chi connectivity index (χ0n) is 8.88. The Morgan fingerprint density at radius 2 is 2.20 bits per heavy atom. The summed E-state index contributed by atoms with van der Waals surface area (Å²) in [5, 5.41) is 2.76. The highest BCUT2D eigenvalue weighted by Crippen LogP contribution is 2.38. The summed E-state index contributed by atoms with van der Waals surface area (Å²) in [4.78, 5) is 11.6.